The van der Waals surface area contributed by atoms with Gasteiger partial charge in [0.05, 0.1) is 16.1 Å². The van der Waals surface area contributed by atoms with E-state index >= 15 is 0 Å². The quantitative estimate of drug-likeness (QED) is 0.829. The van der Waals surface area contributed by atoms with Crippen LogP contribution >= 0.6 is 0 Å². The molecule has 0 bridgehead atoms. The van der Waals surface area contributed by atoms with Gasteiger partial charge >= 0.3 is 0 Å². The van der Waals surface area contributed by atoms with Crippen molar-refractivity contribution in [3.8, 4) is 0 Å². The summed E-state index contributed by atoms with van der Waals surface area (Å²) in [7, 11) is -3.77. The molecule has 1 aliphatic rings. The maximum atomic E-state index is 12.8. The molecule has 0 unspecified atom stereocenters. The molecular formula is C18H19N3O4S. The average molecular weight is 373 g/mol. The molecule has 1 heterocycles. The van der Waals surface area contributed by atoms with E-state index in [4.69, 9.17) is 5.73 Å². The lowest BCUT2D eigenvalue weighted by molar-refractivity contribution is -0.119. The molecule has 7 nitrogen and oxygen atoms in total. The molecule has 2 aromatic carbocycles. The van der Waals surface area contributed by atoms with E-state index in [0.29, 0.717) is 12.8 Å². The lowest BCUT2D eigenvalue weighted by atomic mass is 10.1. The summed E-state index contributed by atoms with van der Waals surface area (Å²) in [6.07, 6.45) is 0.998. The van der Waals surface area contributed by atoms with Gasteiger partial charge in [-0.1, -0.05) is 30.3 Å². The van der Waals surface area contributed by atoms with E-state index in [1.165, 1.54) is 22.5 Å². The summed E-state index contributed by atoms with van der Waals surface area (Å²) in [5.41, 5.74) is 5.77. The van der Waals surface area contributed by atoms with Crippen LogP contribution in [0.15, 0.2) is 59.5 Å². The fourth-order valence-corrected chi connectivity index (χ4v) is 4.72. The number of nitrogens with two attached hydrogens (primary N) is 1. The van der Waals surface area contributed by atoms with Crippen LogP contribution in [-0.4, -0.2) is 37.1 Å². The van der Waals surface area contributed by atoms with Crippen LogP contribution in [0.2, 0.25) is 0 Å². The molecule has 3 N–H and O–H groups in total. The molecule has 0 saturated carbocycles. The van der Waals surface area contributed by atoms with Gasteiger partial charge in [0.15, 0.2) is 0 Å². The monoisotopic (exact) mass is 373 g/mol. The molecule has 136 valence electrons. The molecule has 0 aromatic heterocycles. The van der Waals surface area contributed by atoms with Crippen molar-refractivity contribution in [1.82, 2.24) is 4.31 Å². The molecular weight excluding hydrogens is 354 g/mol. The number of hydrogen-bond donors (Lipinski definition) is 2. The van der Waals surface area contributed by atoms with Gasteiger partial charge in [-0.15, -0.1) is 0 Å². The molecule has 8 heteroatoms. The Kier molecular flexibility index (Phi) is 5.06. The van der Waals surface area contributed by atoms with E-state index in [1.807, 2.05) is 0 Å². The standard InChI is InChI=1S/C18H19N3O4S/c19-17(22)14-9-4-5-10-15(14)20-18(23)16-11-6-12-21(16)26(24,25)13-7-2-1-3-8-13/h1-5,7-10,16H,6,11-12H2,(H2,19,22)(H,20,23)/t16-/m1/s1. The van der Waals surface area contributed by atoms with Crippen molar-refractivity contribution in [2.24, 2.45) is 5.73 Å². The SMILES string of the molecule is NC(=O)c1ccccc1NC(=O)[C@H]1CCCN1S(=O)(=O)c1ccccc1. The van der Waals surface area contributed by atoms with Crippen molar-refractivity contribution in [2.45, 2.75) is 23.8 Å². The maximum Gasteiger partial charge on any atom is 0.250 e. The van der Waals surface area contributed by atoms with Crippen molar-refractivity contribution < 1.29 is 18.0 Å². The van der Waals surface area contributed by atoms with Gasteiger partial charge in [-0.3, -0.25) is 9.59 Å². The zero-order chi connectivity index (χ0) is 18.7. The average Bonchev–Trinajstić information content (AvgIpc) is 3.13. The number of nitrogens with zero attached hydrogens (tertiary/aromatic N) is 1. The first-order valence-electron chi connectivity index (χ1n) is 8.18. The largest absolute Gasteiger partial charge is 0.366 e. The van der Waals surface area contributed by atoms with Crippen molar-refractivity contribution in [3.63, 3.8) is 0 Å². The van der Waals surface area contributed by atoms with Gasteiger partial charge in [0.25, 0.3) is 5.91 Å². The number of primary amides is 1. The first-order chi connectivity index (χ1) is 12.4. The fraction of sp³-hybridized carbons (Fsp3) is 0.222. The highest BCUT2D eigenvalue weighted by Crippen LogP contribution is 2.27. The van der Waals surface area contributed by atoms with Gasteiger partial charge in [0.2, 0.25) is 15.9 Å². The molecule has 2 aromatic rings. The predicted molar refractivity (Wildman–Crippen MR) is 96.9 cm³/mol. The number of rotatable bonds is 5. The van der Waals surface area contributed by atoms with Crippen LogP contribution in [0.1, 0.15) is 23.2 Å². The van der Waals surface area contributed by atoms with Gasteiger partial charge in [-0.05, 0) is 37.1 Å². The summed E-state index contributed by atoms with van der Waals surface area (Å²) in [6, 6.07) is 13.5. The third-order valence-electron chi connectivity index (χ3n) is 4.31. The van der Waals surface area contributed by atoms with Gasteiger partial charge in [0.1, 0.15) is 6.04 Å². The number of amides is 2. The van der Waals surface area contributed by atoms with Crippen LogP contribution in [0.5, 0.6) is 0 Å². The number of carbonyl (C=O) groups is 2. The van der Waals surface area contributed by atoms with Crippen LogP contribution in [-0.2, 0) is 14.8 Å². The van der Waals surface area contributed by atoms with Crippen LogP contribution in [0, 0.1) is 0 Å². The Morgan fingerprint density at radius 3 is 2.38 bits per heavy atom. The normalized spacial score (nSPS) is 17.8. The van der Waals surface area contributed by atoms with Crippen molar-refractivity contribution in [1.29, 1.82) is 0 Å². The van der Waals surface area contributed by atoms with Gasteiger partial charge < -0.3 is 11.1 Å². The lowest BCUT2D eigenvalue weighted by Crippen LogP contribution is -2.43. The van der Waals surface area contributed by atoms with Gasteiger partial charge in [-0.2, -0.15) is 4.31 Å². The van der Waals surface area contributed by atoms with Gasteiger partial charge in [-0.25, -0.2) is 8.42 Å². The highest BCUT2D eigenvalue weighted by molar-refractivity contribution is 7.89. The smallest absolute Gasteiger partial charge is 0.250 e. The first-order valence-corrected chi connectivity index (χ1v) is 9.62. The molecule has 1 fully saturated rings. The van der Waals surface area contributed by atoms with E-state index in [2.05, 4.69) is 5.32 Å². The van der Waals surface area contributed by atoms with Crippen LogP contribution in [0.3, 0.4) is 0 Å². The van der Waals surface area contributed by atoms with E-state index in [1.54, 1.807) is 36.4 Å². The zero-order valence-electron chi connectivity index (χ0n) is 14.0. The third kappa shape index (κ3) is 3.47. The summed E-state index contributed by atoms with van der Waals surface area (Å²) in [4.78, 5) is 24.4. The molecule has 0 radical (unpaired) electrons. The Labute approximate surface area is 151 Å². The van der Waals surface area contributed by atoms with Crippen molar-refractivity contribution in [3.05, 3.63) is 60.2 Å². The molecule has 3 rings (SSSR count). The Bertz CT molecular complexity index is 928. The Balaban J connectivity index is 1.85. The van der Waals surface area contributed by atoms with Crippen molar-refractivity contribution >= 4 is 27.5 Å². The molecule has 0 spiro atoms. The van der Waals surface area contributed by atoms with Crippen molar-refractivity contribution in [2.75, 3.05) is 11.9 Å². The lowest BCUT2D eigenvalue weighted by Gasteiger charge is -2.23. The molecule has 1 atom stereocenters. The summed E-state index contributed by atoms with van der Waals surface area (Å²) in [5.74, 6) is -1.14. The van der Waals surface area contributed by atoms with Gasteiger partial charge in [0, 0.05) is 6.54 Å². The van der Waals surface area contributed by atoms with E-state index < -0.39 is 27.9 Å². The Morgan fingerprint density at radius 2 is 1.69 bits per heavy atom. The minimum atomic E-state index is -3.77. The topological polar surface area (TPSA) is 110 Å². The number of hydrogen-bond acceptors (Lipinski definition) is 4. The molecule has 1 saturated heterocycles. The minimum Gasteiger partial charge on any atom is -0.366 e. The summed E-state index contributed by atoms with van der Waals surface area (Å²) >= 11 is 0. The van der Waals surface area contributed by atoms with E-state index in [9.17, 15) is 18.0 Å². The highest BCUT2D eigenvalue weighted by Gasteiger charge is 2.39. The van der Waals surface area contributed by atoms with Crippen LogP contribution < -0.4 is 11.1 Å². The second-order valence-corrected chi connectivity index (χ2v) is 7.88. The third-order valence-corrected chi connectivity index (χ3v) is 6.23. The number of nitrogens with one attached hydrogen (secondary N) is 1. The fourth-order valence-electron chi connectivity index (χ4n) is 3.04. The van der Waals surface area contributed by atoms with Crippen LogP contribution in [0.25, 0.3) is 0 Å². The molecule has 2 amide bonds. The number of para-hydroxylation sites is 1. The summed E-state index contributed by atoms with van der Waals surface area (Å²) in [5, 5.41) is 2.64. The zero-order valence-corrected chi connectivity index (χ0v) is 14.8. The van der Waals surface area contributed by atoms with Crippen LogP contribution in [0.4, 0.5) is 5.69 Å². The molecule has 26 heavy (non-hydrogen) atoms. The Hall–Kier alpha value is -2.71. The first kappa shape index (κ1) is 18.1. The Morgan fingerprint density at radius 1 is 1.04 bits per heavy atom. The number of benzene rings is 2. The molecule has 1 aliphatic heterocycles. The highest BCUT2D eigenvalue weighted by atomic mass is 32.2. The number of sulfonamides is 1. The molecule has 0 aliphatic carbocycles. The summed E-state index contributed by atoms with van der Waals surface area (Å²) in [6.45, 7) is 0.271. The van der Waals surface area contributed by atoms with E-state index in [0.717, 1.165) is 0 Å². The number of anilines is 1. The second-order valence-electron chi connectivity index (χ2n) is 5.99. The second kappa shape index (κ2) is 7.27. The predicted octanol–water partition coefficient (Wildman–Crippen LogP) is 1.58. The number of carbonyl (C=O) groups excluding carboxylic acids is 2. The summed E-state index contributed by atoms with van der Waals surface area (Å²) < 4.78 is 26.9. The maximum absolute atomic E-state index is 12.8. The van der Waals surface area contributed by atoms with E-state index in [-0.39, 0.29) is 22.7 Å². The minimum absolute atomic E-state index is 0.150.